The zero-order valence-corrected chi connectivity index (χ0v) is 15.4. The van der Waals surface area contributed by atoms with Gasteiger partial charge in [-0.2, -0.15) is 5.10 Å². The molecule has 5 aliphatic carbocycles. The molecule has 0 spiro atoms. The van der Waals surface area contributed by atoms with Crippen LogP contribution in [0.15, 0.2) is 5.10 Å². The Morgan fingerprint density at radius 1 is 1.00 bits per heavy atom. The fourth-order valence-corrected chi connectivity index (χ4v) is 6.27. The summed E-state index contributed by atoms with van der Waals surface area (Å²) < 4.78 is 0. The topological polar surface area (TPSA) is 70.6 Å². The molecule has 5 heteroatoms. The van der Waals surface area contributed by atoms with Gasteiger partial charge in [-0.3, -0.25) is 9.59 Å². The molecule has 0 aromatic heterocycles. The van der Waals surface area contributed by atoms with Crippen LogP contribution in [0.5, 0.6) is 0 Å². The highest BCUT2D eigenvalue weighted by atomic mass is 16.2. The second kappa shape index (κ2) is 6.73. The van der Waals surface area contributed by atoms with E-state index in [9.17, 15) is 9.59 Å². The summed E-state index contributed by atoms with van der Waals surface area (Å²) in [5.41, 5.74) is 3.32. The Labute approximate surface area is 150 Å². The van der Waals surface area contributed by atoms with E-state index in [0.717, 1.165) is 49.9 Å². The van der Waals surface area contributed by atoms with Crippen molar-refractivity contribution in [2.45, 2.75) is 83.6 Å². The predicted octanol–water partition coefficient (Wildman–Crippen LogP) is 3.14. The zero-order chi connectivity index (χ0) is 17.4. The Balaban J connectivity index is 1.30. The molecule has 2 amide bonds. The van der Waals surface area contributed by atoms with Gasteiger partial charge in [-0.25, -0.2) is 5.43 Å². The summed E-state index contributed by atoms with van der Waals surface area (Å²) in [5, 5.41) is 7.33. The monoisotopic (exact) mass is 345 g/mol. The first-order valence-electron chi connectivity index (χ1n) is 10.2. The molecule has 138 valence electrons. The molecule has 2 N–H and O–H groups in total. The summed E-state index contributed by atoms with van der Waals surface area (Å²) in [5.74, 6) is 2.37. The van der Waals surface area contributed by atoms with Gasteiger partial charge < -0.3 is 5.32 Å². The first kappa shape index (κ1) is 17.0. The van der Waals surface area contributed by atoms with E-state index in [4.69, 9.17) is 0 Å². The third kappa shape index (κ3) is 3.61. The molecule has 0 aromatic rings. The van der Waals surface area contributed by atoms with E-state index in [-0.39, 0.29) is 23.7 Å². The van der Waals surface area contributed by atoms with Gasteiger partial charge >= 0.3 is 0 Å². The van der Waals surface area contributed by atoms with Crippen LogP contribution in [-0.4, -0.2) is 23.6 Å². The third-order valence-corrected chi connectivity index (χ3v) is 7.00. The largest absolute Gasteiger partial charge is 0.353 e. The fraction of sp³-hybridized carbons (Fsp3) is 0.850. The smallest absolute Gasteiger partial charge is 0.246 e. The summed E-state index contributed by atoms with van der Waals surface area (Å²) in [6.45, 7) is 1.83. The SMILES string of the molecule is C/C(CC(=O)NC1CCCC1)=N/NC(=O)C12CC3CC(CC(C3)C1)C2. The summed E-state index contributed by atoms with van der Waals surface area (Å²) in [6.07, 6.45) is 12.0. The number of nitrogens with one attached hydrogen (secondary N) is 2. The van der Waals surface area contributed by atoms with Gasteiger partial charge in [0.25, 0.3) is 0 Å². The molecule has 4 bridgehead atoms. The molecule has 0 unspecified atom stereocenters. The van der Waals surface area contributed by atoms with Gasteiger partial charge in [0.1, 0.15) is 0 Å². The third-order valence-electron chi connectivity index (χ3n) is 7.00. The van der Waals surface area contributed by atoms with E-state index in [1.165, 1.54) is 32.1 Å². The molecule has 0 saturated heterocycles. The Morgan fingerprint density at radius 2 is 1.56 bits per heavy atom. The fourth-order valence-electron chi connectivity index (χ4n) is 6.27. The Kier molecular flexibility index (Phi) is 4.59. The van der Waals surface area contributed by atoms with E-state index in [0.29, 0.717) is 11.8 Å². The molecule has 0 atom stereocenters. The quantitative estimate of drug-likeness (QED) is 0.593. The van der Waals surface area contributed by atoms with E-state index in [1.54, 1.807) is 0 Å². The van der Waals surface area contributed by atoms with Gasteiger partial charge in [0.2, 0.25) is 11.8 Å². The first-order valence-corrected chi connectivity index (χ1v) is 10.2. The number of hydrazone groups is 1. The maximum Gasteiger partial charge on any atom is 0.246 e. The maximum absolute atomic E-state index is 12.8. The van der Waals surface area contributed by atoms with Crippen molar-refractivity contribution in [2.75, 3.05) is 0 Å². The second-order valence-corrected chi connectivity index (χ2v) is 9.21. The van der Waals surface area contributed by atoms with Gasteiger partial charge in [0, 0.05) is 11.8 Å². The Morgan fingerprint density at radius 3 is 2.12 bits per heavy atom. The Hall–Kier alpha value is -1.39. The van der Waals surface area contributed by atoms with Crippen LogP contribution in [0.3, 0.4) is 0 Å². The van der Waals surface area contributed by atoms with Gasteiger partial charge in [-0.1, -0.05) is 12.8 Å². The molecule has 5 aliphatic rings. The van der Waals surface area contributed by atoms with Crippen LogP contribution in [-0.2, 0) is 9.59 Å². The lowest BCUT2D eigenvalue weighted by Crippen LogP contribution is -2.52. The van der Waals surface area contributed by atoms with Crippen molar-refractivity contribution in [3.63, 3.8) is 0 Å². The normalized spacial score (nSPS) is 37.3. The summed E-state index contributed by atoms with van der Waals surface area (Å²) >= 11 is 0. The maximum atomic E-state index is 12.8. The van der Waals surface area contributed by atoms with Crippen molar-refractivity contribution in [1.29, 1.82) is 0 Å². The lowest BCUT2D eigenvalue weighted by Gasteiger charge is -2.55. The molecule has 5 rings (SSSR count). The standard InChI is InChI=1S/C20H31N3O2/c1-13(6-18(24)21-17-4-2-3-5-17)22-23-19(25)20-10-14-7-15(11-20)9-16(8-14)12-20/h14-17H,2-12H2,1H3,(H,21,24)(H,23,25)/b22-13-. The summed E-state index contributed by atoms with van der Waals surface area (Å²) in [6, 6.07) is 0.335. The highest BCUT2D eigenvalue weighted by Crippen LogP contribution is 2.60. The highest BCUT2D eigenvalue weighted by molar-refractivity contribution is 6.00. The summed E-state index contributed by atoms with van der Waals surface area (Å²) in [7, 11) is 0. The number of amides is 2. The average molecular weight is 345 g/mol. The van der Waals surface area contributed by atoms with Crippen molar-refractivity contribution < 1.29 is 9.59 Å². The van der Waals surface area contributed by atoms with Crippen molar-refractivity contribution in [3.8, 4) is 0 Å². The lowest BCUT2D eigenvalue weighted by atomic mass is 9.49. The second-order valence-electron chi connectivity index (χ2n) is 9.21. The van der Waals surface area contributed by atoms with Crippen LogP contribution in [0.25, 0.3) is 0 Å². The first-order chi connectivity index (χ1) is 12.0. The van der Waals surface area contributed by atoms with E-state index >= 15 is 0 Å². The number of carbonyl (C=O) groups excluding carboxylic acids is 2. The van der Waals surface area contributed by atoms with Crippen molar-refractivity contribution >= 4 is 17.5 Å². The predicted molar refractivity (Wildman–Crippen MR) is 96.9 cm³/mol. The zero-order valence-electron chi connectivity index (χ0n) is 15.4. The van der Waals surface area contributed by atoms with Crippen molar-refractivity contribution in [3.05, 3.63) is 0 Å². The molecule has 25 heavy (non-hydrogen) atoms. The molecule has 0 heterocycles. The minimum Gasteiger partial charge on any atom is -0.353 e. The van der Waals surface area contributed by atoms with Crippen LogP contribution in [0, 0.1) is 23.2 Å². The van der Waals surface area contributed by atoms with E-state index in [2.05, 4.69) is 15.8 Å². The molecule has 5 fully saturated rings. The number of nitrogens with zero attached hydrogens (tertiary/aromatic N) is 1. The minimum absolute atomic E-state index is 0.0252. The van der Waals surface area contributed by atoms with Crippen molar-refractivity contribution in [1.82, 2.24) is 10.7 Å². The summed E-state index contributed by atoms with van der Waals surface area (Å²) in [4.78, 5) is 24.9. The van der Waals surface area contributed by atoms with Crippen LogP contribution in [0.4, 0.5) is 0 Å². The van der Waals surface area contributed by atoms with Crippen LogP contribution in [0.2, 0.25) is 0 Å². The molecular weight excluding hydrogens is 314 g/mol. The van der Waals surface area contributed by atoms with Crippen LogP contribution >= 0.6 is 0 Å². The number of hydrogen-bond acceptors (Lipinski definition) is 3. The van der Waals surface area contributed by atoms with Crippen molar-refractivity contribution in [2.24, 2.45) is 28.3 Å². The van der Waals surface area contributed by atoms with Crippen LogP contribution < -0.4 is 10.7 Å². The Bertz CT molecular complexity index is 542. The minimum atomic E-state index is -0.176. The van der Waals surface area contributed by atoms with Gasteiger partial charge in [-0.05, 0) is 76.0 Å². The molecule has 5 nitrogen and oxygen atoms in total. The molecule has 0 radical (unpaired) electrons. The number of carbonyl (C=O) groups is 2. The van der Waals surface area contributed by atoms with Gasteiger partial charge in [-0.15, -0.1) is 0 Å². The molecular formula is C20H31N3O2. The van der Waals surface area contributed by atoms with E-state index < -0.39 is 0 Å². The number of rotatable bonds is 5. The molecule has 5 saturated carbocycles. The van der Waals surface area contributed by atoms with E-state index in [1.807, 2.05) is 6.92 Å². The highest BCUT2D eigenvalue weighted by Gasteiger charge is 2.54. The average Bonchev–Trinajstić information content (AvgIpc) is 3.04. The van der Waals surface area contributed by atoms with Crippen LogP contribution in [0.1, 0.15) is 77.6 Å². The molecule has 0 aliphatic heterocycles. The lowest BCUT2D eigenvalue weighted by molar-refractivity contribution is -0.146. The van der Waals surface area contributed by atoms with Gasteiger partial charge in [0.05, 0.1) is 11.8 Å². The number of hydrogen-bond donors (Lipinski definition) is 2. The molecule has 0 aromatic carbocycles. The van der Waals surface area contributed by atoms with Gasteiger partial charge in [0.15, 0.2) is 0 Å².